The Kier molecular flexibility index (Phi) is 8.31. The molecule has 0 aromatic heterocycles. The fourth-order valence-electron chi connectivity index (χ4n) is 3.75. The van der Waals surface area contributed by atoms with Gasteiger partial charge in [-0.1, -0.05) is 46.0 Å². The maximum atomic E-state index is 13.3. The van der Waals surface area contributed by atoms with Gasteiger partial charge in [-0.05, 0) is 85.1 Å². The number of ether oxygens (including phenoxy) is 2. The van der Waals surface area contributed by atoms with Gasteiger partial charge in [-0.15, -0.1) is 0 Å². The van der Waals surface area contributed by atoms with Crippen molar-refractivity contribution in [2.24, 2.45) is 0 Å². The molecule has 2 amide bonds. The number of thioether (sulfide) groups is 1. The molecule has 4 rings (SSSR count). The molecule has 37 heavy (non-hydrogen) atoms. The largest absolute Gasteiger partial charge is 0.493 e. The average Bonchev–Trinajstić information content (AvgIpc) is 3.13. The predicted octanol–water partition coefficient (Wildman–Crippen LogP) is 6.64. The third-order valence-corrected chi connectivity index (χ3v) is 7.24. The summed E-state index contributed by atoms with van der Waals surface area (Å²) < 4.78 is 25.7. The van der Waals surface area contributed by atoms with E-state index in [1.54, 1.807) is 24.3 Å². The number of aryl methyl sites for hydroxylation is 2. The number of methoxy groups -OCH3 is 1. The molecule has 10 heteroatoms. The second-order valence-corrected chi connectivity index (χ2v) is 10.7. The molecule has 3 aromatic carbocycles. The molecule has 1 heterocycles. The van der Waals surface area contributed by atoms with Gasteiger partial charge in [0.15, 0.2) is 22.4 Å². The van der Waals surface area contributed by atoms with Crippen molar-refractivity contribution in [3.05, 3.63) is 86.5 Å². The summed E-state index contributed by atoms with van der Waals surface area (Å²) in [5.41, 5.74) is 3.81. The smallest absolute Gasteiger partial charge is 0.270 e. The number of amides is 2. The molecule has 0 bridgehead atoms. The highest BCUT2D eigenvalue weighted by Gasteiger charge is 2.33. The van der Waals surface area contributed by atoms with Crippen LogP contribution < -0.4 is 19.7 Å². The Morgan fingerprint density at radius 3 is 2.43 bits per heavy atom. The van der Waals surface area contributed by atoms with Gasteiger partial charge in [-0.3, -0.25) is 14.5 Å². The Morgan fingerprint density at radius 1 is 1.11 bits per heavy atom. The number of nitrogens with one attached hydrogen (secondary N) is 1. The molecular weight excluding hydrogens is 579 g/mol. The first kappa shape index (κ1) is 26.8. The van der Waals surface area contributed by atoms with Crippen molar-refractivity contribution in [1.29, 1.82) is 0 Å². The first-order valence-corrected chi connectivity index (χ1v) is 13.1. The summed E-state index contributed by atoms with van der Waals surface area (Å²) in [5.74, 6) is -0.195. The highest BCUT2D eigenvalue weighted by Crippen LogP contribution is 2.37. The van der Waals surface area contributed by atoms with Crippen molar-refractivity contribution in [2.45, 2.75) is 13.8 Å². The zero-order valence-electron chi connectivity index (χ0n) is 20.1. The van der Waals surface area contributed by atoms with E-state index in [4.69, 9.17) is 21.7 Å². The molecule has 0 spiro atoms. The Bertz CT molecular complexity index is 1400. The topological polar surface area (TPSA) is 67.9 Å². The van der Waals surface area contributed by atoms with Crippen molar-refractivity contribution in [2.75, 3.05) is 23.9 Å². The van der Waals surface area contributed by atoms with Crippen LogP contribution in [0.15, 0.2) is 64.0 Å². The lowest BCUT2D eigenvalue weighted by atomic mass is 10.1. The van der Waals surface area contributed by atoms with E-state index in [2.05, 4.69) is 21.2 Å². The van der Waals surface area contributed by atoms with Crippen LogP contribution in [0.4, 0.5) is 15.8 Å². The molecule has 0 aliphatic carbocycles. The summed E-state index contributed by atoms with van der Waals surface area (Å²) in [6.45, 7) is 3.63. The van der Waals surface area contributed by atoms with Gasteiger partial charge in [0, 0.05) is 10.2 Å². The minimum atomic E-state index is -0.393. The number of hydrogen-bond donors (Lipinski definition) is 1. The van der Waals surface area contributed by atoms with Crippen LogP contribution in [-0.2, 0) is 9.59 Å². The average molecular weight is 602 g/mol. The highest BCUT2D eigenvalue weighted by atomic mass is 79.9. The summed E-state index contributed by atoms with van der Waals surface area (Å²) >= 11 is 9.98. The van der Waals surface area contributed by atoms with E-state index in [1.807, 2.05) is 26.0 Å². The fraction of sp³-hybridized carbons (Fsp3) is 0.148. The van der Waals surface area contributed by atoms with Gasteiger partial charge in [0.2, 0.25) is 0 Å². The number of carbonyl (C=O) groups excluding carboxylic acids is 2. The minimum Gasteiger partial charge on any atom is -0.493 e. The molecule has 0 atom stereocenters. The Labute approximate surface area is 232 Å². The van der Waals surface area contributed by atoms with E-state index < -0.39 is 5.82 Å². The summed E-state index contributed by atoms with van der Waals surface area (Å²) in [4.78, 5) is 27.3. The third kappa shape index (κ3) is 6.20. The minimum absolute atomic E-state index is 0.207. The van der Waals surface area contributed by atoms with Gasteiger partial charge in [0.05, 0.1) is 17.7 Å². The number of carbonyl (C=O) groups is 2. The molecular formula is C27H22BrFN2O4S2. The van der Waals surface area contributed by atoms with Crippen molar-refractivity contribution >= 4 is 73.5 Å². The lowest BCUT2D eigenvalue weighted by molar-refractivity contribution is -0.118. The third-order valence-electron chi connectivity index (χ3n) is 5.48. The second kappa shape index (κ2) is 11.5. The quantitative estimate of drug-likeness (QED) is 0.242. The molecule has 1 N–H and O–H groups in total. The molecule has 1 aliphatic rings. The predicted molar refractivity (Wildman–Crippen MR) is 153 cm³/mol. The molecule has 1 fully saturated rings. The van der Waals surface area contributed by atoms with Crippen LogP contribution in [0.1, 0.15) is 16.7 Å². The van der Waals surface area contributed by atoms with Crippen LogP contribution in [0.25, 0.3) is 6.08 Å². The Balaban J connectivity index is 1.45. The lowest BCUT2D eigenvalue weighted by Crippen LogP contribution is -2.27. The standard InChI is InChI=1S/C27H22BrFN2O4S2/c1-15-10-18(28)11-16(2)25(15)30-24(32)14-35-21-9-4-17(12-22(21)34-3)13-23-26(33)31(27(36)37-23)20-7-5-19(29)6-8-20/h4-13H,14H2,1-3H3,(H,30,32)/b23-13-. The van der Waals surface area contributed by atoms with Gasteiger partial charge in [-0.25, -0.2) is 4.39 Å². The van der Waals surface area contributed by atoms with Crippen LogP contribution in [0, 0.1) is 19.7 Å². The fourth-order valence-corrected chi connectivity index (χ4v) is 5.74. The first-order valence-electron chi connectivity index (χ1n) is 11.1. The van der Waals surface area contributed by atoms with Crippen LogP contribution in [0.5, 0.6) is 11.5 Å². The van der Waals surface area contributed by atoms with Gasteiger partial charge in [-0.2, -0.15) is 0 Å². The number of benzene rings is 3. The molecule has 0 radical (unpaired) electrons. The van der Waals surface area contributed by atoms with Crippen LogP contribution in [0.2, 0.25) is 0 Å². The molecule has 6 nitrogen and oxygen atoms in total. The summed E-state index contributed by atoms with van der Waals surface area (Å²) in [6, 6.07) is 14.6. The highest BCUT2D eigenvalue weighted by molar-refractivity contribution is 9.10. The summed E-state index contributed by atoms with van der Waals surface area (Å²) in [7, 11) is 1.49. The number of thiocarbonyl (C=S) groups is 1. The van der Waals surface area contributed by atoms with Crippen molar-refractivity contribution in [1.82, 2.24) is 0 Å². The SMILES string of the molecule is COc1cc(/C=C2\SC(=S)N(c3ccc(F)cc3)C2=O)ccc1OCC(=O)Nc1c(C)cc(Br)cc1C. The molecule has 3 aromatic rings. The molecule has 190 valence electrons. The van der Waals surface area contributed by atoms with E-state index in [0.29, 0.717) is 32.0 Å². The first-order chi connectivity index (χ1) is 17.7. The van der Waals surface area contributed by atoms with E-state index >= 15 is 0 Å². The number of halogens is 2. The van der Waals surface area contributed by atoms with Gasteiger partial charge in [0.25, 0.3) is 11.8 Å². The van der Waals surface area contributed by atoms with Crippen molar-refractivity contribution in [3.63, 3.8) is 0 Å². The second-order valence-electron chi connectivity index (χ2n) is 8.16. The number of nitrogens with zero attached hydrogens (tertiary/aromatic N) is 1. The van der Waals surface area contributed by atoms with Crippen LogP contribution in [0.3, 0.4) is 0 Å². The molecule has 1 aliphatic heterocycles. The molecule has 0 unspecified atom stereocenters. The van der Waals surface area contributed by atoms with E-state index in [0.717, 1.165) is 33.0 Å². The summed E-state index contributed by atoms with van der Waals surface area (Å²) in [6.07, 6.45) is 1.70. The Morgan fingerprint density at radius 2 is 1.78 bits per heavy atom. The van der Waals surface area contributed by atoms with E-state index in [9.17, 15) is 14.0 Å². The lowest BCUT2D eigenvalue weighted by Gasteiger charge is -2.14. The van der Waals surface area contributed by atoms with Crippen LogP contribution >= 0.6 is 39.9 Å². The molecule has 0 saturated carbocycles. The van der Waals surface area contributed by atoms with Crippen molar-refractivity contribution < 1.29 is 23.5 Å². The van der Waals surface area contributed by atoms with Gasteiger partial charge >= 0.3 is 0 Å². The van der Waals surface area contributed by atoms with E-state index in [-0.39, 0.29) is 18.4 Å². The van der Waals surface area contributed by atoms with Gasteiger partial charge < -0.3 is 14.8 Å². The van der Waals surface area contributed by atoms with Gasteiger partial charge in [0.1, 0.15) is 5.82 Å². The summed E-state index contributed by atoms with van der Waals surface area (Å²) in [5, 5.41) is 2.89. The van der Waals surface area contributed by atoms with Crippen molar-refractivity contribution in [3.8, 4) is 11.5 Å². The number of hydrogen-bond acceptors (Lipinski definition) is 6. The normalized spacial score (nSPS) is 14.3. The Hall–Kier alpha value is -3.21. The maximum Gasteiger partial charge on any atom is 0.270 e. The zero-order chi connectivity index (χ0) is 26.7. The zero-order valence-corrected chi connectivity index (χ0v) is 23.4. The maximum absolute atomic E-state index is 13.3. The monoisotopic (exact) mass is 600 g/mol. The number of anilines is 2. The molecule has 1 saturated heterocycles. The van der Waals surface area contributed by atoms with Crippen LogP contribution in [-0.4, -0.2) is 29.9 Å². The van der Waals surface area contributed by atoms with E-state index in [1.165, 1.54) is 36.3 Å². The number of rotatable bonds is 7.